The van der Waals surface area contributed by atoms with E-state index in [1.807, 2.05) is 0 Å². The first-order valence-electron chi connectivity index (χ1n) is 9.42. The summed E-state index contributed by atoms with van der Waals surface area (Å²) in [5.41, 5.74) is -0.00150. The molecule has 0 aliphatic rings. The Labute approximate surface area is 198 Å². The zero-order chi connectivity index (χ0) is 25.6. The van der Waals surface area contributed by atoms with E-state index in [4.69, 9.17) is 15.0 Å². The van der Waals surface area contributed by atoms with Crippen LogP contribution in [0.15, 0.2) is 63.0 Å². The number of aryl methyl sites for hydroxylation is 1. The maximum absolute atomic E-state index is 12.5. The first-order chi connectivity index (χ1) is 16.5. The van der Waals surface area contributed by atoms with Crippen molar-refractivity contribution in [1.82, 2.24) is 15.0 Å². The maximum atomic E-state index is 12.5. The van der Waals surface area contributed by atoms with Crippen molar-refractivity contribution in [2.45, 2.75) is 18.4 Å². The van der Waals surface area contributed by atoms with Crippen molar-refractivity contribution in [2.24, 2.45) is 15.4 Å². The first-order valence-corrected chi connectivity index (χ1v) is 12.4. The minimum Gasteiger partial charge on any atom is -0.505 e. The van der Waals surface area contributed by atoms with Gasteiger partial charge in [0.2, 0.25) is 5.95 Å². The van der Waals surface area contributed by atoms with E-state index in [1.54, 1.807) is 0 Å². The lowest BCUT2D eigenvalue weighted by Gasteiger charge is -2.12. The molecule has 0 saturated heterocycles. The highest BCUT2D eigenvalue weighted by atomic mass is 32.2. The molecule has 3 aromatic rings. The molecule has 1 aromatic carbocycles. The van der Waals surface area contributed by atoms with Crippen molar-refractivity contribution >= 4 is 41.5 Å². The van der Waals surface area contributed by atoms with Gasteiger partial charge in [0, 0.05) is 23.5 Å². The molecule has 0 atom stereocenters. The van der Waals surface area contributed by atoms with E-state index in [-0.39, 0.29) is 39.2 Å². The van der Waals surface area contributed by atoms with Crippen LogP contribution in [0.3, 0.4) is 0 Å². The van der Waals surface area contributed by atoms with Crippen LogP contribution >= 0.6 is 7.82 Å². The predicted molar refractivity (Wildman–Crippen MR) is 120 cm³/mol. The number of phosphoric acid groups is 1. The second-order valence-electron chi connectivity index (χ2n) is 6.64. The van der Waals surface area contributed by atoms with Gasteiger partial charge in [-0.2, -0.15) is 0 Å². The van der Waals surface area contributed by atoms with Gasteiger partial charge in [-0.3, -0.25) is 4.52 Å². The molecule has 5 N–H and O–H groups in total. The minimum atomic E-state index is -4.90. The summed E-state index contributed by atoms with van der Waals surface area (Å²) in [6.45, 7) is 0.672. The van der Waals surface area contributed by atoms with E-state index < -0.39 is 30.2 Å². The molecule has 0 bridgehead atoms. The Morgan fingerprint density at radius 1 is 1.14 bits per heavy atom. The number of aromatic nitrogens is 3. The maximum Gasteiger partial charge on any atom is 0.469 e. The van der Waals surface area contributed by atoms with Crippen LogP contribution in [-0.4, -0.2) is 49.7 Å². The number of phosphoric ester groups is 1. The molecule has 2 heterocycles. The average Bonchev–Trinajstić information content (AvgIpc) is 2.80. The Bertz CT molecular complexity index is 1410. The Morgan fingerprint density at radius 3 is 2.40 bits per heavy atom. The molecule has 0 fully saturated rings. The molecule has 0 spiro atoms. The molecule has 3 rings (SSSR count). The third kappa shape index (κ3) is 6.84. The van der Waals surface area contributed by atoms with Crippen molar-refractivity contribution in [3.8, 4) is 5.75 Å². The number of aromatic hydroxyl groups is 1. The number of oxime groups is 1. The summed E-state index contributed by atoms with van der Waals surface area (Å²) < 4.78 is 42.8. The lowest BCUT2D eigenvalue weighted by Crippen LogP contribution is -2.14. The number of nitrogens with one attached hydrogen (secondary N) is 1. The normalized spacial score (nSPS) is 12.4. The van der Waals surface area contributed by atoms with Gasteiger partial charge in [-0.1, -0.05) is 5.16 Å². The number of benzene rings is 1. The van der Waals surface area contributed by atoms with Gasteiger partial charge in [-0.25, -0.2) is 32.7 Å². The van der Waals surface area contributed by atoms with Crippen LogP contribution < -0.4 is 4.72 Å². The van der Waals surface area contributed by atoms with Crippen LogP contribution in [0.5, 0.6) is 5.75 Å². The van der Waals surface area contributed by atoms with Gasteiger partial charge in [0.1, 0.15) is 5.75 Å². The predicted octanol–water partition coefficient (Wildman–Crippen LogP) is 2.52. The summed E-state index contributed by atoms with van der Waals surface area (Å²) in [6, 6.07) is 6.75. The lowest BCUT2D eigenvalue weighted by molar-refractivity contribution is 0.189. The molecule has 184 valence electrons. The quantitative estimate of drug-likeness (QED) is 0.0899. The number of azo groups is 1. The Balaban J connectivity index is 1.90. The number of anilines is 1. The first kappa shape index (κ1) is 25.8. The number of nitrogens with zero attached hydrogens (tertiary/aromatic N) is 6. The fourth-order valence-corrected chi connectivity index (χ4v) is 3.89. The van der Waals surface area contributed by atoms with Crippen LogP contribution in [0.2, 0.25) is 0 Å². The van der Waals surface area contributed by atoms with Crippen molar-refractivity contribution in [3.63, 3.8) is 0 Å². The van der Waals surface area contributed by atoms with E-state index in [1.165, 1.54) is 49.6 Å². The fraction of sp³-hybridized carbons (Fsp3) is 0.111. The van der Waals surface area contributed by atoms with Crippen LogP contribution in [0.25, 0.3) is 0 Å². The number of rotatable bonds is 9. The largest absolute Gasteiger partial charge is 0.505 e. The van der Waals surface area contributed by atoms with Crippen molar-refractivity contribution in [1.29, 1.82) is 0 Å². The van der Waals surface area contributed by atoms with E-state index in [0.717, 1.165) is 6.21 Å². The third-order valence-electron chi connectivity index (χ3n) is 4.23. The van der Waals surface area contributed by atoms with Gasteiger partial charge >= 0.3 is 7.82 Å². The summed E-state index contributed by atoms with van der Waals surface area (Å²) in [5.74, 6) is -0.712. The zero-order valence-corrected chi connectivity index (χ0v) is 19.5. The molecule has 0 aliphatic carbocycles. The molecule has 15 nitrogen and oxygen atoms in total. The monoisotopic (exact) mass is 523 g/mol. The molecule has 17 heteroatoms. The molecule has 0 amide bonds. The van der Waals surface area contributed by atoms with Crippen LogP contribution in [-0.2, 0) is 25.7 Å². The van der Waals surface area contributed by atoms with Gasteiger partial charge in [0.25, 0.3) is 10.0 Å². The van der Waals surface area contributed by atoms with E-state index in [0.29, 0.717) is 0 Å². The van der Waals surface area contributed by atoms with Crippen LogP contribution in [0, 0.1) is 6.92 Å². The summed E-state index contributed by atoms with van der Waals surface area (Å²) in [6.07, 6.45) is 3.58. The fourth-order valence-electron chi connectivity index (χ4n) is 2.64. The van der Waals surface area contributed by atoms with E-state index in [2.05, 4.69) is 39.6 Å². The molecule has 2 aromatic heterocycles. The van der Waals surface area contributed by atoms with Crippen molar-refractivity contribution in [2.75, 3.05) is 4.72 Å². The van der Waals surface area contributed by atoms with Gasteiger partial charge in [-0.15, -0.1) is 10.2 Å². The summed E-state index contributed by atoms with van der Waals surface area (Å²) in [7, 11) is -8.86. The second-order valence-corrected chi connectivity index (χ2v) is 9.56. The highest BCUT2D eigenvalue weighted by molar-refractivity contribution is 7.92. The number of sulfonamides is 1. The summed E-state index contributed by atoms with van der Waals surface area (Å²) in [5, 5.41) is 29.8. The number of hydrogen-bond acceptors (Lipinski definition) is 12. The SMILES string of the molecule is Cc1nc(N=Nc2ccc(S(=O)(=O)Nc3ncccn3)cc2)c(COP(=O)(O)O)c(C=NO)c1O. The average molecular weight is 523 g/mol. The van der Waals surface area contributed by atoms with Crippen molar-refractivity contribution in [3.05, 3.63) is 59.5 Å². The van der Waals surface area contributed by atoms with Gasteiger partial charge in [-0.05, 0) is 37.3 Å². The molecule has 0 aliphatic heterocycles. The topological polar surface area (TPSA) is 229 Å². The molecular formula is C18H18N7O8PS. The van der Waals surface area contributed by atoms with Crippen LogP contribution in [0.4, 0.5) is 17.5 Å². The lowest BCUT2D eigenvalue weighted by atomic mass is 10.1. The van der Waals surface area contributed by atoms with E-state index >= 15 is 0 Å². The van der Waals surface area contributed by atoms with Gasteiger partial charge < -0.3 is 20.1 Å². The molecule has 0 radical (unpaired) electrons. The Kier molecular flexibility index (Phi) is 7.83. The minimum absolute atomic E-state index is 0.0597. The number of hydrogen-bond donors (Lipinski definition) is 5. The smallest absolute Gasteiger partial charge is 0.469 e. The standard InChI is InChI=1S/C18H18N7O8PS/c1-11-16(26)14(9-21-27)15(10-33-34(28,29)30)17(22-11)24-23-12-3-5-13(6-4-12)35(31,32)25-18-19-7-2-8-20-18/h2-9,26-27H,10H2,1H3,(H,19,20,25)(H2,28,29,30). The molecular weight excluding hydrogens is 505 g/mol. The van der Waals surface area contributed by atoms with E-state index in [9.17, 15) is 18.1 Å². The highest BCUT2D eigenvalue weighted by Crippen LogP contribution is 2.40. The third-order valence-corrected chi connectivity index (χ3v) is 6.04. The summed E-state index contributed by atoms with van der Waals surface area (Å²) in [4.78, 5) is 29.6. The van der Waals surface area contributed by atoms with Gasteiger partial charge in [0.15, 0.2) is 5.82 Å². The zero-order valence-electron chi connectivity index (χ0n) is 17.8. The van der Waals surface area contributed by atoms with Crippen molar-refractivity contribution < 1.29 is 37.6 Å². The summed E-state index contributed by atoms with van der Waals surface area (Å²) >= 11 is 0. The van der Waals surface area contributed by atoms with Crippen LogP contribution in [0.1, 0.15) is 16.8 Å². The second kappa shape index (κ2) is 10.6. The Morgan fingerprint density at radius 2 is 1.80 bits per heavy atom. The number of pyridine rings is 1. The molecule has 0 saturated carbocycles. The highest BCUT2D eigenvalue weighted by Gasteiger charge is 2.22. The Hall–Kier alpha value is -3.82. The molecule has 0 unspecified atom stereocenters. The van der Waals surface area contributed by atoms with Gasteiger partial charge in [0.05, 0.1) is 29.1 Å². The molecule has 35 heavy (non-hydrogen) atoms.